The summed E-state index contributed by atoms with van der Waals surface area (Å²) in [6, 6.07) is 0. The molecular weight excluding hydrogens is 274 g/mol. The smallest absolute Gasteiger partial charge is 0.245 e. The molecule has 0 aliphatic carbocycles. The molecule has 0 aliphatic heterocycles. The number of halogens is 1. The minimum atomic E-state index is -0.0448. The molecule has 0 rings (SSSR count). The Bertz CT molecular complexity index is 167. The van der Waals surface area contributed by atoms with Crippen molar-refractivity contribution in [3.8, 4) is 0 Å². The lowest BCUT2D eigenvalue weighted by molar-refractivity contribution is -0.126. The number of unbranched alkanes of at least 4 members (excludes halogenated alkanes) is 3. The molecule has 0 spiro atoms. The van der Waals surface area contributed by atoms with Gasteiger partial charge < -0.3 is 14.8 Å². The first kappa shape index (κ1) is 15.9. The monoisotopic (exact) mass is 295 g/mol. The summed E-state index contributed by atoms with van der Waals surface area (Å²) >= 11 is 3.39. The first-order chi connectivity index (χ1) is 7.81. The van der Waals surface area contributed by atoms with Crippen LogP contribution >= 0.6 is 15.9 Å². The van der Waals surface area contributed by atoms with Gasteiger partial charge in [-0.25, -0.2) is 0 Å². The van der Waals surface area contributed by atoms with Crippen LogP contribution in [0.5, 0.6) is 0 Å². The summed E-state index contributed by atoms with van der Waals surface area (Å²) in [4.78, 5) is 11.2. The minimum absolute atomic E-state index is 0.0448. The summed E-state index contributed by atoms with van der Waals surface area (Å²) in [6.45, 7) is 1.87. The number of carbonyl (C=O) groups is 1. The fourth-order valence-electron chi connectivity index (χ4n) is 1.16. The lowest BCUT2D eigenvalue weighted by Crippen LogP contribution is -2.29. The van der Waals surface area contributed by atoms with Crippen LogP contribution in [0.1, 0.15) is 25.7 Å². The van der Waals surface area contributed by atoms with Gasteiger partial charge in [-0.1, -0.05) is 28.8 Å². The van der Waals surface area contributed by atoms with Gasteiger partial charge in [0.05, 0.1) is 13.2 Å². The number of amides is 1. The van der Waals surface area contributed by atoms with E-state index in [-0.39, 0.29) is 12.5 Å². The van der Waals surface area contributed by atoms with Gasteiger partial charge in [-0.2, -0.15) is 0 Å². The average Bonchev–Trinajstić information content (AvgIpc) is 2.29. The highest BCUT2D eigenvalue weighted by atomic mass is 79.9. The molecule has 4 nitrogen and oxygen atoms in total. The average molecular weight is 296 g/mol. The third-order valence-corrected chi connectivity index (χ3v) is 2.61. The molecule has 0 unspecified atom stereocenters. The molecule has 0 bridgehead atoms. The molecule has 0 atom stereocenters. The third kappa shape index (κ3) is 11.9. The van der Waals surface area contributed by atoms with Crippen LogP contribution in [0.2, 0.25) is 0 Å². The molecule has 0 aliphatic rings. The highest BCUT2D eigenvalue weighted by Gasteiger charge is 1.99. The van der Waals surface area contributed by atoms with E-state index in [0.29, 0.717) is 13.2 Å². The largest absolute Gasteiger partial charge is 0.382 e. The maximum Gasteiger partial charge on any atom is 0.245 e. The Balaban J connectivity index is 3.11. The Morgan fingerprint density at radius 3 is 2.62 bits per heavy atom. The standard InChI is InChI=1S/C11H22BrNO3/c1-15-8-9-16-10-11(14)13-7-5-3-2-4-6-12/h2-10H2,1H3,(H,13,14). The normalized spacial score (nSPS) is 10.4. The van der Waals surface area contributed by atoms with Gasteiger partial charge in [0, 0.05) is 19.0 Å². The zero-order chi connectivity index (χ0) is 12.1. The Kier molecular flexibility index (Phi) is 12.8. The van der Waals surface area contributed by atoms with Crippen molar-refractivity contribution < 1.29 is 14.3 Å². The Morgan fingerprint density at radius 2 is 1.94 bits per heavy atom. The second-order valence-electron chi connectivity index (χ2n) is 3.50. The van der Waals surface area contributed by atoms with Crippen molar-refractivity contribution in [1.29, 1.82) is 0 Å². The van der Waals surface area contributed by atoms with Crippen molar-refractivity contribution in [2.75, 3.05) is 38.8 Å². The number of nitrogens with one attached hydrogen (secondary N) is 1. The van der Waals surface area contributed by atoms with E-state index in [9.17, 15) is 4.79 Å². The summed E-state index contributed by atoms with van der Waals surface area (Å²) < 4.78 is 9.89. The molecule has 1 N–H and O–H groups in total. The van der Waals surface area contributed by atoms with Gasteiger partial charge in [-0.3, -0.25) is 4.79 Å². The van der Waals surface area contributed by atoms with E-state index in [0.717, 1.165) is 24.7 Å². The molecule has 1 amide bonds. The number of alkyl halides is 1. The molecule has 0 aromatic carbocycles. The first-order valence-electron chi connectivity index (χ1n) is 5.70. The highest BCUT2D eigenvalue weighted by Crippen LogP contribution is 2.00. The maximum atomic E-state index is 11.2. The van der Waals surface area contributed by atoms with Gasteiger partial charge in [0.2, 0.25) is 5.91 Å². The van der Waals surface area contributed by atoms with E-state index in [4.69, 9.17) is 9.47 Å². The van der Waals surface area contributed by atoms with Crippen LogP contribution in [0.3, 0.4) is 0 Å². The Hall–Kier alpha value is -0.130. The van der Waals surface area contributed by atoms with Crippen molar-refractivity contribution in [1.82, 2.24) is 5.32 Å². The number of hydrogen-bond donors (Lipinski definition) is 1. The predicted octanol–water partition coefficient (Wildman–Crippen LogP) is 1.72. The van der Waals surface area contributed by atoms with Crippen molar-refractivity contribution in [2.24, 2.45) is 0 Å². The number of rotatable bonds is 11. The van der Waals surface area contributed by atoms with E-state index in [2.05, 4.69) is 21.2 Å². The molecule has 0 heterocycles. The molecule has 96 valence electrons. The minimum Gasteiger partial charge on any atom is -0.382 e. The van der Waals surface area contributed by atoms with Crippen LogP contribution < -0.4 is 5.32 Å². The molecule has 0 saturated heterocycles. The number of methoxy groups -OCH3 is 1. The summed E-state index contributed by atoms with van der Waals surface area (Å²) in [6.07, 6.45) is 4.62. The topological polar surface area (TPSA) is 47.6 Å². The lowest BCUT2D eigenvalue weighted by Gasteiger charge is -2.05. The molecule has 0 aromatic rings. The summed E-state index contributed by atoms with van der Waals surface area (Å²) in [5.74, 6) is -0.0448. The quantitative estimate of drug-likeness (QED) is 0.466. The van der Waals surface area contributed by atoms with E-state index < -0.39 is 0 Å². The van der Waals surface area contributed by atoms with Crippen molar-refractivity contribution in [2.45, 2.75) is 25.7 Å². The molecule has 0 fully saturated rings. The lowest BCUT2D eigenvalue weighted by atomic mass is 10.2. The summed E-state index contributed by atoms with van der Waals surface area (Å²) in [5, 5.41) is 3.88. The maximum absolute atomic E-state index is 11.2. The van der Waals surface area contributed by atoms with Crippen LogP contribution in [0, 0.1) is 0 Å². The van der Waals surface area contributed by atoms with E-state index in [1.54, 1.807) is 7.11 Å². The van der Waals surface area contributed by atoms with Crippen molar-refractivity contribution >= 4 is 21.8 Å². The number of hydrogen-bond acceptors (Lipinski definition) is 3. The van der Waals surface area contributed by atoms with E-state index in [1.807, 2.05) is 0 Å². The van der Waals surface area contributed by atoms with Gasteiger partial charge in [-0.15, -0.1) is 0 Å². The second kappa shape index (κ2) is 12.9. The molecule has 5 heteroatoms. The third-order valence-electron chi connectivity index (χ3n) is 2.05. The number of ether oxygens (including phenoxy) is 2. The summed E-state index contributed by atoms with van der Waals surface area (Å²) in [5.41, 5.74) is 0. The van der Waals surface area contributed by atoms with Crippen molar-refractivity contribution in [3.63, 3.8) is 0 Å². The molecule has 0 aromatic heterocycles. The molecule has 0 saturated carbocycles. The van der Waals surface area contributed by atoms with Gasteiger partial charge in [0.1, 0.15) is 6.61 Å². The van der Waals surface area contributed by atoms with Crippen LogP contribution in [0.15, 0.2) is 0 Å². The van der Waals surface area contributed by atoms with Crippen LogP contribution in [-0.4, -0.2) is 44.7 Å². The van der Waals surface area contributed by atoms with Gasteiger partial charge in [0.25, 0.3) is 0 Å². The Morgan fingerprint density at radius 1 is 1.19 bits per heavy atom. The summed E-state index contributed by atoms with van der Waals surface area (Å²) in [7, 11) is 1.61. The van der Waals surface area contributed by atoms with Crippen LogP contribution in [-0.2, 0) is 14.3 Å². The van der Waals surface area contributed by atoms with Crippen LogP contribution in [0.4, 0.5) is 0 Å². The zero-order valence-corrected chi connectivity index (χ0v) is 11.6. The molecular formula is C11H22BrNO3. The SMILES string of the molecule is COCCOCC(=O)NCCCCCCBr. The van der Waals surface area contributed by atoms with Gasteiger partial charge >= 0.3 is 0 Å². The van der Waals surface area contributed by atoms with E-state index in [1.165, 1.54) is 12.8 Å². The fraction of sp³-hybridized carbons (Fsp3) is 0.909. The predicted molar refractivity (Wildman–Crippen MR) is 68.0 cm³/mol. The Labute approximate surface area is 106 Å². The van der Waals surface area contributed by atoms with Crippen molar-refractivity contribution in [3.05, 3.63) is 0 Å². The molecule has 0 radical (unpaired) electrons. The van der Waals surface area contributed by atoms with E-state index >= 15 is 0 Å². The first-order valence-corrected chi connectivity index (χ1v) is 6.82. The van der Waals surface area contributed by atoms with Gasteiger partial charge in [0.15, 0.2) is 0 Å². The zero-order valence-electron chi connectivity index (χ0n) is 9.97. The molecule has 16 heavy (non-hydrogen) atoms. The van der Waals surface area contributed by atoms with Gasteiger partial charge in [-0.05, 0) is 12.8 Å². The second-order valence-corrected chi connectivity index (χ2v) is 4.29. The highest BCUT2D eigenvalue weighted by molar-refractivity contribution is 9.09. The van der Waals surface area contributed by atoms with Crippen LogP contribution in [0.25, 0.3) is 0 Å². The fourth-order valence-corrected chi connectivity index (χ4v) is 1.56. The number of carbonyl (C=O) groups excluding carboxylic acids is 1.